The van der Waals surface area contributed by atoms with Gasteiger partial charge >= 0.3 is 0 Å². The van der Waals surface area contributed by atoms with Gasteiger partial charge in [-0.25, -0.2) is 12.8 Å². The first kappa shape index (κ1) is 21.0. The van der Waals surface area contributed by atoms with Gasteiger partial charge in [-0.15, -0.1) is 0 Å². The van der Waals surface area contributed by atoms with Gasteiger partial charge in [0.15, 0.2) is 0 Å². The zero-order chi connectivity index (χ0) is 22.0. The van der Waals surface area contributed by atoms with E-state index >= 15 is 0 Å². The van der Waals surface area contributed by atoms with Gasteiger partial charge in [-0.1, -0.05) is 30.3 Å². The predicted molar refractivity (Wildman–Crippen MR) is 115 cm³/mol. The number of halogens is 1. The average Bonchev–Trinajstić information content (AvgIpc) is 2.78. The lowest BCUT2D eigenvalue weighted by atomic mass is 9.95. The van der Waals surface area contributed by atoms with Crippen molar-refractivity contribution in [2.75, 3.05) is 12.4 Å². The van der Waals surface area contributed by atoms with Crippen molar-refractivity contribution < 1.29 is 22.3 Å². The Balaban J connectivity index is 1.70. The lowest BCUT2D eigenvalue weighted by Crippen LogP contribution is -2.50. The molecule has 8 heteroatoms. The summed E-state index contributed by atoms with van der Waals surface area (Å²) in [5, 5.41) is 2.79. The second kappa shape index (κ2) is 8.49. The molecule has 0 aromatic heterocycles. The zero-order valence-electron chi connectivity index (χ0n) is 16.8. The van der Waals surface area contributed by atoms with E-state index < -0.39 is 27.8 Å². The minimum absolute atomic E-state index is 0.0477. The number of benzene rings is 3. The summed E-state index contributed by atoms with van der Waals surface area (Å²) in [7, 11) is -2.52. The highest BCUT2D eigenvalue weighted by Gasteiger charge is 2.39. The number of hydrogen-bond donors (Lipinski definition) is 1. The zero-order valence-corrected chi connectivity index (χ0v) is 17.6. The van der Waals surface area contributed by atoms with Crippen LogP contribution in [0.5, 0.6) is 5.75 Å². The van der Waals surface area contributed by atoms with Crippen molar-refractivity contribution in [2.45, 2.75) is 23.9 Å². The van der Waals surface area contributed by atoms with Crippen LogP contribution in [-0.2, 0) is 27.8 Å². The molecule has 1 N–H and O–H groups in total. The second-order valence-electron chi connectivity index (χ2n) is 7.21. The quantitative estimate of drug-likeness (QED) is 0.658. The maximum atomic E-state index is 13.4. The highest BCUT2D eigenvalue weighted by molar-refractivity contribution is 7.89. The topological polar surface area (TPSA) is 75.7 Å². The van der Waals surface area contributed by atoms with Gasteiger partial charge in [0, 0.05) is 18.3 Å². The van der Waals surface area contributed by atoms with Crippen LogP contribution in [-0.4, -0.2) is 31.8 Å². The first-order chi connectivity index (χ1) is 14.9. The molecular formula is C23H21FN2O4S. The molecule has 6 nitrogen and oxygen atoms in total. The van der Waals surface area contributed by atoms with Crippen molar-refractivity contribution in [2.24, 2.45) is 0 Å². The normalized spacial score (nSPS) is 16.4. The smallest absolute Gasteiger partial charge is 0.244 e. The third-order valence-electron chi connectivity index (χ3n) is 5.27. The van der Waals surface area contributed by atoms with E-state index in [1.807, 2.05) is 24.3 Å². The lowest BCUT2D eigenvalue weighted by molar-refractivity contribution is -0.120. The van der Waals surface area contributed by atoms with Crippen molar-refractivity contribution in [3.63, 3.8) is 0 Å². The molecule has 0 unspecified atom stereocenters. The maximum Gasteiger partial charge on any atom is 0.244 e. The fraction of sp³-hybridized carbons (Fsp3) is 0.174. The van der Waals surface area contributed by atoms with Gasteiger partial charge in [-0.05, 0) is 53.9 Å². The van der Waals surface area contributed by atoms with Crippen molar-refractivity contribution >= 4 is 21.6 Å². The van der Waals surface area contributed by atoms with Crippen molar-refractivity contribution in [1.82, 2.24) is 4.31 Å². The molecule has 0 bridgehead atoms. The summed E-state index contributed by atoms with van der Waals surface area (Å²) in [6, 6.07) is 17.9. The molecule has 0 aliphatic carbocycles. The first-order valence-electron chi connectivity index (χ1n) is 9.67. The predicted octanol–water partition coefficient (Wildman–Crippen LogP) is 3.59. The number of rotatable bonds is 5. The standard InChI is InChI=1S/C23H21FN2O4S/c1-30-20-8-4-7-19(14-20)25-23(27)22-13-16-5-2-3-6-17(16)15-26(22)31(28,29)21-11-9-18(24)10-12-21/h2-12,14,22H,13,15H2,1H3,(H,25,27)/t22-/m0/s1. The lowest BCUT2D eigenvalue weighted by Gasteiger charge is -2.35. The van der Waals surface area contributed by atoms with Gasteiger partial charge in [0.25, 0.3) is 0 Å². The largest absolute Gasteiger partial charge is 0.497 e. The fourth-order valence-corrected chi connectivity index (χ4v) is 5.21. The SMILES string of the molecule is COc1cccc(NC(=O)[C@@H]2Cc3ccccc3CN2S(=O)(=O)c2ccc(F)cc2)c1. The molecule has 1 amide bonds. The van der Waals surface area contributed by atoms with E-state index in [9.17, 15) is 17.6 Å². The summed E-state index contributed by atoms with van der Waals surface area (Å²) in [4.78, 5) is 13.1. The van der Waals surface area contributed by atoms with Crippen LogP contribution in [0.3, 0.4) is 0 Å². The summed E-state index contributed by atoms with van der Waals surface area (Å²) in [5.74, 6) is -0.411. The number of amides is 1. The Hall–Kier alpha value is -3.23. The minimum atomic E-state index is -4.04. The van der Waals surface area contributed by atoms with E-state index in [0.29, 0.717) is 11.4 Å². The van der Waals surface area contributed by atoms with E-state index in [0.717, 1.165) is 23.3 Å². The van der Waals surface area contributed by atoms with Crippen LogP contribution in [0.2, 0.25) is 0 Å². The molecular weight excluding hydrogens is 419 g/mol. The third kappa shape index (κ3) is 4.30. The molecule has 1 heterocycles. The van der Waals surface area contributed by atoms with Gasteiger partial charge in [-0.2, -0.15) is 4.31 Å². The summed E-state index contributed by atoms with van der Waals surface area (Å²) < 4.78 is 46.5. The number of carbonyl (C=O) groups excluding carboxylic acids is 1. The van der Waals surface area contributed by atoms with E-state index in [1.54, 1.807) is 24.3 Å². The molecule has 1 aliphatic rings. The molecule has 160 valence electrons. The minimum Gasteiger partial charge on any atom is -0.497 e. The summed E-state index contributed by atoms with van der Waals surface area (Å²) in [6.45, 7) is 0.0477. The van der Waals surface area contributed by atoms with Crippen LogP contribution in [0.4, 0.5) is 10.1 Å². The van der Waals surface area contributed by atoms with E-state index in [4.69, 9.17) is 4.74 Å². The molecule has 0 fully saturated rings. The van der Waals surface area contributed by atoms with Crippen molar-refractivity contribution in [1.29, 1.82) is 0 Å². The van der Waals surface area contributed by atoms with Crippen LogP contribution in [0.25, 0.3) is 0 Å². The highest BCUT2D eigenvalue weighted by atomic mass is 32.2. The summed E-state index contributed by atoms with van der Waals surface area (Å²) in [6.07, 6.45) is 0.229. The van der Waals surface area contributed by atoms with E-state index in [-0.39, 0.29) is 17.9 Å². The van der Waals surface area contributed by atoms with Gasteiger partial charge in [0.2, 0.25) is 15.9 Å². The monoisotopic (exact) mass is 440 g/mol. The Kier molecular flexibility index (Phi) is 5.75. The van der Waals surface area contributed by atoms with Crippen LogP contribution < -0.4 is 10.1 Å². The number of fused-ring (bicyclic) bond motifs is 1. The number of nitrogens with zero attached hydrogens (tertiary/aromatic N) is 1. The van der Waals surface area contributed by atoms with Crippen LogP contribution >= 0.6 is 0 Å². The molecule has 3 aromatic rings. The number of nitrogens with one attached hydrogen (secondary N) is 1. The fourth-order valence-electron chi connectivity index (χ4n) is 3.64. The second-order valence-corrected chi connectivity index (χ2v) is 9.10. The Bertz CT molecular complexity index is 1210. The van der Waals surface area contributed by atoms with Gasteiger partial charge in [0.05, 0.1) is 12.0 Å². The van der Waals surface area contributed by atoms with Crippen LogP contribution in [0, 0.1) is 5.82 Å². The van der Waals surface area contributed by atoms with Crippen molar-refractivity contribution in [3.05, 3.63) is 89.7 Å². The number of methoxy groups -OCH3 is 1. The van der Waals surface area contributed by atoms with Gasteiger partial charge in [-0.3, -0.25) is 4.79 Å². The van der Waals surface area contributed by atoms with Crippen LogP contribution in [0.15, 0.2) is 77.7 Å². The molecule has 0 radical (unpaired) electrons. The summed E-state index contributed by atoms with van der Waals surface area (Å²) >= 11 is 0. The third-order valence-corrected chi connectivity index (χ3v) is 7.13. The molecule has 31 heavy (non-hydrogen) atoms. The highest BCUT2D eigenvalue weighted by Crippen LogP contribution is 2.30. The van der Waals surface area contributed by atoms with Gasteiger partial charge in [0.1, 0.15) is 17.6 Å². The van der Waals surface area contributed by atoms with Crippen LogP contribution in [0.1, 0.15) is 11.1 Å². The first-order valence-corrected chi connectivity index (χ1v) is 11.1. The van der Waals surface area contributed by atoms with Gasteiger partial charge < -0.3 is 10.1 Å². The molecule has 1 aliphatic heterocycles. The Labute approximate surface area is 180 Å². The number of anilines is 1. The molecule has 1 atom stereocenters. The molecule has 4 rings (SSSR count). The average molecular weight is 440 g/mol. The van der Waals surface area contributed by atoms with E-state index in [1.165, 1.54) is 23.5 Å². The maximum absolute atomic E-state index is 13.4. The van der Waals surface area contributed by atoms with E-state index in [2.05, 4.69) is 5.32 Å². The number of carbonyl (C=O) groups is 1. The Morgan fingerprint density at radius 3 is 2.45 bits per heavy atom. The number of ether oxygens (including phenoxy) is 1. The molecule has 0 saturated heterocycles. The Morgan fingerprint density at radius 2 is 1.74 bits per heavy atom. The van der Waals surface area contributed by atoms with Crippen molar-refractivity contribution in [3.8, 4) is 5.75 Å². The molecule has 0 saturated carbocycles. The Morgan fingerprint density at radius 1 is 1.03 bits per heavy atom. The summed E-state index contributed by atoms with van der Waals surface area (Å²) in [5.41, 5.74) is 2.25. The number of hydrogen-bond acceptors (Lipinski definition) is 4. The molecule has 3 aromatic carbocycles. The molecule has 0 spiro atoms. The number of sulfonamides is 1.